The van der Waals surface area contributed by atoms with Gasteiger partial charge in [-0.25, -0.2) is 0 Å². The molecular formula is C11H14AuN2. The Kier molecular flexibility index (Phi) is 2.77. The van der Waals surface area contributed by atoms with Crippen LogP contribution in [0.4, 0.5) is 0 Å². The van der Waals surface area contributed by atoms with E-state index in [4.69, 9.17) is 0 Å². The Hall–Kier alpha value is -0.570. The Labute approximate surface area is 95.6 Å². The molecule has 2 rings (SSSR count). The van der Waals surface area contributed by atoms with Crippen molar-refractivity contribution < 1.29 is 20.6 Å². The fourth-order valence-electron chi connectivity index (χ4n) is 1.82. The zero-order valence-corrected chi connectivity index (χ0v) is 10.6. The number of para-hydroxylation sites is 2. The summed E-state index contributed by atoms with van der Waals surface area (Å²) in [5.74, 6) is 0. The molecule has 0 amide bonds. The van der Waals surface area contributed by atoms with Crippen molar-refractivity contribution in [3.8, 4) is 0 Å². The molecule has 0 atom stereocenters. The summed E-state index contributed by atoms with van der Waals surface area (Å²) in [6.07, 6.45) is 0. The van der Waals surface area contributed by atoms with E-state index >= 15 is 0 Å². The van der Waals surface area contributed by atoms with Gasteiger partial charge in [-0.2, -0.15) is 0 Å². The van der Waals surface area contributed by atoms with Crippen LogP contribution in [0.25, 0.3) is 11.0 Å². The summed E-state index contributed by atoms with van der Waals surface area (Å²) >= 11 is 2.62. The molecule has 1 heterocycles. The summed E-state index contributed by atoms with van der Waals surface area (Å²) in [6.45, 7) is 6.42. The number of benzene rings is 1. The van der Waals surface area contributed by atoms with Gasteiger partial charge in [0.1, 0.15) is 0 Å². The van der Waals surface area contributed by atoms with Crippen LogP contribution in [-0.4, -0.2) is 9.13 Å². The van der Waals surface area contributed by atoms with Crippen LogP contribution < -0.4 is 0 Å². The first-order chi connectivity index (χ1) is 6.79. The number of nitrogens with zero attached hydrogens (tertiary/aromatic N) is 2. The average Bonchev–Trinajstić information content (AvgIpc) is 2.49. The van der Waals surface area contributed by atoms with Gasteiger partial charge in [0.2, 0.25) is 0 Å². The van der Waals surface area contributed by atoms with Gasteiger partial charge in [-0.05, 0) is 0 Å². The number of imidazole rings is 1. The summed E-state index contributed by atoms with van der Waals surface area (Å²) in [4.78, 5) is 0. The van der Waals surface area contributed by atoms with Crippen LogP contribution in [0.1, 0.15) is 13.8 Å². The number of hydrogen-bond donors (Lipinski definition) is 0. The molecular weight excluding hydrogens is 357 g/mol. The summed E-state index contributed by atoms with van der Waals surface area (Å²) in [5, 5.41) is 0. The Balaban J connectivity index is 2.92. The van der Waals surface area contributed by atoms with Crippen LogP contribution in [0.5, 0.6) is 0 Å². The van der Waals surface area contributed by atoms with E-state index < -0.39 is 0 Å². The summed E-state index contributed by atoms with van der Waals surface area (Å²) < 4.78 is 5.96. The van der Waals surface area contributed by atoms with E-state index in [2.05, 4.69) is 67.8 Å². The van der Waals surface area contributed by atoms with Crippen LogP contribution in [0.15, 0.2) is 24.3 Å². The van der Waals surface area contributed by atoms with E-state index in [0.717, 1.165) is 13.1 Å². The van der Waals surface area contributed by atoms with Crippen molar-refractivity contribution in [3.63, 3.8) is 0 Å². The third-order valence-electron chi connectivity index (χ3n) is 2.50. The second-order valence-electron chi connectivity index (χ2n) is 3.21. The molecule has 0 saturated heterocycles. The number of aromatic nitrogens is 2. The van der Waals surface area contributed by atoms with E-state index in [1.54, 1.807) is 0 Å². The first-order valence-electron chi connectivity index (χ1n) is 4.92. The zero-order valence-electron chi connectivity index (χ0n) is 8.42. The molecule has 0 radical (unpaired) electrons. The van der Waals surface area contributed by atoms with Crippen molar-refractivity contribution in [2.75, 3.05) is 0 Å². The van der Waals surface area contributed by atoms with Crippen LogP contribution in [0, 0.1) is 3.63 Å². The number of fused-ring (bicyclic) bond motifs is 1. The fourth-order valence-corrected chi connectivity index (χ4v) is 3.03. The zero-order chi connectivity index (χ0) is 10.1. The number of rotatable bonds is 2. The molecule has 0 aliphatic rings. The topological polar surface area (TPSA) is 9.86 Å². The molecule has 0 fully saturated rings. The van der Waals surface area contributed by atoms with Crippen LogP contribution in [0.3, 0.4) is 0 Å². The molecule has 0 spiro atoms. The molecule has 1 aromatic heterocycles. The number of hydrogen-bond acceptors (Lipinski definition) is 0. The molecule has 3 heteroatoms. The van der Waals surface area contributed by atoms with Gasteiger partial charge in [0, 0.05) is 0 Å². The summed E-state index contributed by atoms with van der Waals surface area (Å²) in [5.41, 5.74) is 2.66. The van der Waals surface area contributed by atoms with Crippen LogP contribution in [0.2, 0.25) is 0 Å². The van der Waals surface area contributed by atoms with Crippen LogP contribution >= 0.6 is 0 Å². The van der Waals surface area contributed by atoms with Gasteiger partial charge in [-0.1, -0.05) is 0 Å². The molecule has 2 aromatic rings. The molecule has 0 unspecified atom stereocenters. The predicted molar refractivity (Wildman–Crippen MR) is 54.5 cm³/mol. The second kappa shape index (κ2) is 3.89. The Bertz CT molecular complexity index is 463. The van der Waals surface area contributed by atoms with Crippen molar-refractivity contribution in [1.82, 2.24) is 9.13 Å². The fraction of sp³-hybridized carbons (Fsp3) is 0.364. The molecule has 1 aromatic carbocycles. The third-order valence-corrected chi connectivity index (χ3v) is 3.67. The predicted octanol–water partition coefficient (Wildman–Crippen LogP) is 2.56. The minimum atomic E-state index is 1.03. The SMILES string of the molecule is CCn1[c](=[Au])n(CC)c2ccccc21. The molecule has 79 valence electrons. The monoisotopic (exact) mass is 371 g/mol. The van der Waals surface area contributed by atoms with Crippen molar-refractivity contribution in [1.29, 1.82) is 0 Å². The first kappa shape index (κ1) is 9.97. The van der Waals surface area contributed by atoms with Gasteiger partial charge in [-0.3, -0.25) is 0 Å². The quantitative estimate of drug-likeness (QED) is 0.719. The maximum absolute atomic E-state index is 2.62. The van der Waals surface area contributed by atoms with Crippen molar-refractivity contribution in [3.05, 3.63) is 27.9 Å². The Morgan fingerprint density at radius 2 is 1.43 bits per heavy atom. The van der Waals surface area contributed by atoms with Gasteiger partial charge < -0.3 is 0 Å². The molecule has 0 aliphatic heterocycles. The van der Waals surface area contributed by atoms with Crippen molar-refractivity contribution in [2.24, 2.45) is 0 Å². The van der Waals surface area contributed by atoms with E-state index in [0.29, 0.717) is 0 Å². The van der Waals surface area contributed by atoms with Crippen molar-refractivity contribution >= 4 is 11.0 Å². The average molecular weight is 371 g/mol. The molecule has 14 heavy (non-hydrogen) atoms. The molecule has 0 N–H and O–H groups in total. The minimum absolute atomic E-state index is 1.03. The summed E-state index contributed by atoms with van der Waals surface area (Å²) in [7, 11) is 0. The molecule has 0 aliphatic carbocycles. The third kappa shape index (κ3) is 1.34. The Morgan fingerprint density at radius 3 is 1.79 bits per heavy atom. The van der Waals surface area contributed by atoms with Gasteiger partial charge >= 0.3 is 95.6 Å². The second-order valence-corrected chi connectivity index (χ2v) is 4.18. The van der Waals surface area contributed by atoms with E-state index in [1.165, 1.54) is 14.7 Å². The van der Waals surface area contributed by atoms with Crippen LogP contribution in [-0.2, 0) is 33.7 Å². The van der Waals surface area contributed by atoms with Crippen molar-refractivity contribution in [2.45, 2.75) is 26.9 Å². The maximum atomic E-state index is 2.62. The number of aryl methyl sites for hydroxylation is 2. The molecule has 2 nitrogen and oxygen atoms in total. The van der Waals surface area contributed by atoms with Gasteiger partial charge in [0.25, 0.3) is 0 Å². The van der Waals surface area contributed by atoms with Gasteiger partial charge in [0.15, 0.2) is 0 Å². The van der Waals surface area contributed by atoms with E-state index in [-0.39, 0.29) is 0 Å². The normalized spacial score (nSPS) is 11.1. The first-order valence-corrected chi connectivity index (χ1v) is 6.00. The summed E-state index contributed by atoms with van der Waals surface area (Å²) in [6, 6.07) is 8.56. The van der Waals surface area contributed by atoms with E-state index in [1.807, 2.05) is 0 Å². The van der Waals surface area contributed by atoms with Gasteiger partial charge in [-0.15, -0.1) is 0 Å². The van der Waals surface area contributed by atoms with E-state index in [9.17, 15) is 0 Å². The Morgan fingerprint density at radius 1 is 1.00 bits per heavy atom. The van der Waals surface area contributed by atoms with Gasteiger partial charge in [0.05, 0.1) is 0 Å². The molecule has 0 saturated carbocycles. The molecule has 0 bridgehead atoms. The standard InChI is InChI=1S/C11H14N2.Au/c1-3-12-9-13(4-2)11-8-6-5-7-10(11)12;/h5-8H,3-4H2,1-2H3;.